The number of epoxide rings is 1. The van der Waals surface area contributed by atoms with Gasteiger partial charge in [-0.15, -0.1) is 0 Å². The summed E-state index contributed by atoms with van der Waals surface area (Å²) in [5, 5.41) is 0. The van der Waals surface area contributed by atoms with E-state index in [-0.39, 0.29) is 35.8 Å². The lowest BCUT2D eigenvalue weighted by atomic mass is 9.62. The molecular formula is C25H32O7. The average Bonchev–Trinajstić information content (AvgIpc) is 3.12. The first-order valence-corrected chi connectivity index (χ1v) is 11.4. The van der Waals surface area contributed by atoms with Crippen LogP contribution in [0, 0.1) is 17.3 Å². The van der Waals surface area contributed by atoms with Gasteiger partial charge in [-0.1, -0.05) is 13.0 Å². The van der Waals surface area contributed by atoms with Crippen LogP contribution < -0.4 is 0 Å². The van der Waals surface area contributed by atoms with E-state index >= 15 is 0 Å². The molecule has 7 atom stereocenters. The van der Waals surface area contributed by atoms with Crippen LogP contribution in [0.1, 0.15) is 72.0 Å². The van der Waals surface area contributed by atoms with Crippen LogP contribution in [0.4, 0.5) is 0 Å². The Morgan fingerprint density at radius 2 is 2.09 bits per heavy atom. The van der Waals surface area contributed by atoms with Gasteiger partial charge < -0.3 is 18.6 Å². The summed E-state index contributed by atoms with van der Waals surface area (Å²) in [4.78, 5) is 38.6. The Kier molecular flexibility index (Phi) is 5.82. The average molecular weight is 445 g/mol. The zero-order valence-electron chi connectivity index (χ0n) is 19.4. The summed E-state index contributed by atoms with van der Waals surface area (Å²) in [5.74, 6) is -1.19. The van der Waals surface area contributed by atoms with Gasteiger partial charge in [0.25, 0.3) is 0 Å². The number of fused-ring (bicyclic) bond motifs is 1. The van der Waals surface area contributed by atoms with Crippen molar-refractivity contribution >= 4 is 17.7 Å². The molecule has 3 fully saturated rings. The van der Waals surface area contributed by atoms with E-state index in [1.165, 1.54) is 0 Å². The van der Waals surface area contributed by atoms with E-state index in [4.69, 9.17) is 18.6 Å². The number of Topliss-reactive ketones (excluding diaryl/α,β-unsaturated/α-hetero) is 1. The molecule has 7 nitrogen and oxygen atoms in total. The molecule has 2 aliphatic heterocycles. The number of allylic oxidation sites excluding steroid dienone is 1. The summed E-state index contributed by atoms with van der Waals surface area (Å²) < 4.78 is 22.7. The molecule has 1 aromatic rings. The monoisotopic (exact) mass is 444 g/mol. The van der Waals surface area contributed by atoms with E-state index < -0.39 is 23.1 Å². The van der Waals surface area contributed by atoms with Crippen molar-refractivity contribution in [1.82, 2.24) is 0 Å². The Hall–Kier alpha value is -2.41. The van der Waals surface area contributed by atoms with Crippen LogP contribution in [-0.4, -0.2) is 35.5 Å². The molecule has 0 amide bonds. The van der Waals surface area contributed by atoms with Gasteiger partial charge in [0.1, 0.15) is 23.6 Å². The highest BCUT2D eigenvalue weighted by molar-refractivity contribution is 5.91. The zero-order valence-corrected chi connectivity index (χ0v) is 19.4. The maximum absolute atomic E-state index is 13.2. The predicted molar refractivity (Wildman–Crippen MR) is 114 cm³/mol. The Bertz CT molecular complexity index is 932. The van der Waals surface area contributed by atoms with Crippen LogP contribution in [0.15, 0.2) is 34.7 Å². The highest BCUT2D eigenvalue weighted by atomic mass is 16.6. The molecule has 174 valence electrons. The van der Waals surface area contributed by atoms with Gasteiger partial charge in [-0.05, 0) is 52.5 Å². The molecule has 3 heterocycles. The van der Waals surface area contributed by atoms with Crippen molar-refractivity contribution in [2.75, 3.05) is 0 Å². The number of ketones is 1. The summed E-state index contributed by atoms with van der Waals surface area (Å²) in [5.41, 5.74) is -0.323. The van der Waals surface area contributed by atoms with E-state index in [9.17, 15) is 14.4 Å². The standard InChI is InChI=1S/C25H32O7/c1-6-14(2)22(27)31-21(24(4)19(26)7-8-20-25(24,5)32-20)11-15(3)17-12-18(30-23(17)28)16-9-10-29-13-16/h6,9-10,13,15,17-18,20-21H,7-8,11-12H2,1-5H3/b14-6+/t15-,17-,18-,20-,21-,24-,25-/m1/s1. The van der Waals surface area contributed by atoms with E-state index in [1.807, 2.05) is 20.8 Å². The maximum atomic E-state index is 13.2. The first-order valence-electron chi connectivity index (χ1n) is 11.4. The lowest BCUT2D eigenvalue weighted by Crippen LogP contribution is -2.55. The number of ether oxygens (including phenoxy) is 3. The van der Waals surface area contributed by atoms with Crippen molar-refractivity contribution in [3.8, 4) is 0 Å². The topological polar surface area (TPSA) is 95.3 Å². The van der Waals surface area contributed by atoms with Crippen molar-refractivity contribution in [2.45, 2.75) is 84.2 Å². The van der Waals surface area contributed by atoms with Gasteiger partial charge in [0.15, 0.2) is 0 Å². The fourth-order valence-corrected chi connectivity index (χ4v) is 5.32. The van der Waals surface area contributed by atoms with Crippen LogP contribution in [-0.2, 0) is 28.6 Å². The highest BCUT2D eigenvalue weighted by Crippen LogP contribution is 2.59. The molecule has 1 aromatic heterocycles. The lowest BCUT2D eigenvalue weighted by Gasteiger charge is -2.42. The first kappa shape index (κ1) is 22.8. The molecule has 2 saturated heterocycles. The smallest absolute Gasteiger partial charge is 0.333 e. The molecule has 0 unspecified atom stereocenters. The van der Waals surface area contributed by atoms with E-state index in [2.05, 4.69) is 0 Å². The van der Waals surface area contributed by atoms with E-state index in [1.54, 1.807) is 38.5 Å². The van der Waals surface area contributed by atoms with Gasteiger partial charge in [-0.25, -0.2) is 4.79 Å². The summed E-state index contributed by atoms with van der Waals surface area (Å²) in [6, 6.07) is 1.79. The Balaban J connectivity index is 1.57. The third kappa shape index (κ3) is 3.60. The molecule has 0 bridgehead atoms. The summed E-state index contributed by atoms with van der Waals surface area (Å²) in [6.45, 7) is 9.20. The van der Waals surface area contributed by atoms with Crippen LogP contribution in [0.2, 0.25) is 0 Å². The third-order valence-corrected chi connectivity index (χ3v) is 8.05. The van der Waals surface area contributed by atoms with Crippen LogP contribution in [0.5, 0.6) is 0 Å². The Labute approximate surface area is 188 Å². The van der Waals surface area contributed by atoms with Gasteiger partial charge in [0, 0.05) is 24.0 Å². The second kappa shape index (κ2) is 8.18. The molecule has 0 radical (unpaired) electrons. The molecule has 1 saturated carbocycles. The van der Waals surface area contributed by atoms with Crippen LogP contribution in [0.3, 0.4) is 0 Å². The predicted octanol–water partition coefficient (Wildman–Crippen LogP) is 4.31. The minimum absolute atomic E-state index is 0.00793. The largest absolute Gasteiger partial charge is 0.472 e. The maximum Gasteiger partial charge on any atom is 0.333 e. The number of furan rings is 1. The quantitative estimate of drug-likeness (QED) is 0.351. The number of cyclic esters (lactones) is 1. The van der Waals surface area contributed by atoms with Gasteiger partial charge in [-0.3, -0.25) is 9.59 Å². The van der Waals surface area contributed by atoms with E-state index in [0.29, 0.717) is 31.3 Å². The molecule has 4 rings (SSSR count). The third-order valence-electron chi connectivity index (χ3n) is 8.05. The fourth-order valence-electron chi connectivity index (χ4n) is 5.32. The number of rotatable bonds is 7. The highest BCUT2D eigenvalue weighted by Gasteiger charge is 2.72. The number of hydrogen-bond donors (Lipinski definition) is 0. The minimum atomic E-state index is -0.972. The number of hydrogen-bond acceptors (Lipinski definition) is 7. The minimum Gasteiger partial charge on any atom is -0.472 e. The molecule has 32 heavy (non-hydrogen) atoms. The van der Waals surface area contributed by atoms with Gasteiger partial charge >= 0.3 is 11.9 Å². The summed E-state index contributed by atoms with van der Waals surface area (Å²) in [7, 11) is 0. The first-order chi connectivity index (χ1) is 15.1. The molecule has 3 aliphatic rings. The SMILES string of the molecule is C/C=C(\C)C(=O)O[C@H](C[C@@H](C)[C@H]1C[C@H](c2ccoc2)OC1=O)[C@@]1(C)C(=O)CC[C@H]2O[C@]21C. The summed E-state index contributed by atoms with van der Waals surface area (Å²) in [6.07, 6.45) is 5.76. The molecule has 0 spiro atoms. The number of carbonyl (C=O) groups is 3. The van der Waals surface area contributed by atoms with Crippen LogP contribution in [0.25, 0.3) is 0 Å². The van der Waals surface area contributed by atoms with Crippen molar-refractivity contribution in [3.63, 3.8) is 0 Å². The van der Waals surface area contributed by atoms with Crippen molar-refractivity contribution in [1.29, 1.82) is 0 Å². The summed E-state index contributed by atoms with van der Waals surface area (Å²) >= 11 is 0. The number of carbonyl (C=O) groups excluding carboxylic acids is 3. The zero-order chi connectivity index (χ0) is 23.3. The molecule has 0 N–H and O–H groups in total. The van der Waals surface area contributed by atoms with Crippen molar-refractivity contribution in [2.24, 2.45) is 17.3 Å². The normalized spacial score (nSPS) is 36.3. The molecule has 7 heteroatoms. The van der Waals surface area contributed by atoms with Gasteiger partial charge in [0.05, 0.1) is 30.0 Å². The fraction of sp³-hybridized carbons (Fsp3) is 0.640. The van der Waals surface area contributed by atoms with Crippen molar-refractivity contribution < 1.29 is 33.0 Å². The Morgan fingerprint density at radius 3 is 2.75 bits per heavy atom. The Morgan fingerprint density at radius 1 is 1.34 bits per heavy atom. The molecule has 0 aromatic carbocycles. The van der Waals surface area contributed by atoms with Crippen molar-refractivity contribution in [3.05, 3.63) is 35.8 Å². The lowest BCUT2D eigenvalue weighted by molar-refractivity contribution is -0.163. The van der Waals surface area contributed by atoms with Gasteiger partial charge in [0.2, 0.25) is 0 Å². The molecule has 1 aliphatic carbocycles. The van der Waals surface area contributed by atoms with E-state index in [0.717, 1.165) is 5.56 Å². The molecular weight excluding hydrogens is 412 g/mol. The number of esters is 2. The second-order valence-electron chi connectivity index (χ2n) is 9.78. The second-order valence-corrected chi connectivity index (χ2v) is 9.78. The van der Waals surface area contributed by atoms with Crippen LogP contribution >= 0.6 is 0 Å². The van der Waals surface area contributed by atoms with Gasteiger partial charge in [-0.2, -0.15) is 0 Å².